The van der Waals surface area contributed by atoms with E-state index >= 15 is 0 Å². The molecular formula is C36H46N6O9-2. The van der Waals surface area contributed by atoms with Gasteiger partial charge in [0.25, 0.3) is 5.91 Å². The number of hydrogen-bond acceptors (Lipinski definition) is 12. The van der Waals surface area contributed by atoms with Crippen LogP contribution in [-0.4, -0.2) is 145 Å². The van der Waals surface area contributed by atoms with Gasteiger partial charge in [-0.2, -0.15) is 0 Å². The molecule has 2 aromatic carbocycles. The Bertz CT molecular complexity index is 1540. The van der Waals surface area contributed by atoms with Crippen LogP contribution in [0.5, 0.6) is 0 Å². The molecule has 0 bridgehead atoms. The molecule has 15 heteroatoms. The van der Waals surface area contributed by atoms with E-state index in [0.717, 1.165) is 23.1 Å². The molecule has 2 heterocycles. The summed E-state index contributed by atoms with van der Waals surface area (Å²) in [5, 5.41) is 35.9. The molecule has 0 aromatic heterocycles. The topological polar surface area (TPSA) is 197 Å². The van der Waals surface area contributed by atoms with Gasteiger partial charge in [-0.3, -0.25) is 34.0 Å². The van der Waals surface area contributed by atoms with E-state index in [9.17, 15) is 44.1 Å². The Morgan fingerprint density at radius 3 is 1.98 bits per heavy atom. The third-order valence-electron chi connectivity index (χ3n) is 9.51. The maximum atomic E-state index is 13.1. The number of rotatable bonds is 15. The van der Waals surface area contributed by atoms with Gasteiger partial charge >= 0.3 is 5.97 Å². The van der Waals surface area contributed by atoms with E-state index in [2.05, 4.69) is 5.32 Å². The molecule has 0 saturated carbocycles. The number of carbonyl (C=O) groups excluding carboxylic acids is 5. The molecule has 2 aliphatic heterocycles. The number of aldehydes is 1. The minimum Gasteiger partial charge on any atom is -0.549 e. The van der Waals surface area contributed by atoms with Gasteiger partial charge in [-0.1, -0.05) is 30.3 Å². The zero-order valence-electron chi connectivity index (χ0n) is 28.9. The van der Waals surface area contributed by atoms with Crippen molar-refractivity contribution >= 4 is 41.7 Å². The molecule has 51 heavy (non-hydrogen) atoms. The first kappa shape index (κ1) is 39.1. The first-order valence-corrected chi connectivity index (χ1v) is 17.2. The van der Waals surface area contributed by atoms with Crippen LogP contribution in [0, 0.1) is 0 Å². The minimum absolute atomic E-state index is 0.0630. The van der Waals surface area contributed by atoms with Crippen molar-refractivity contribution in [2.45, 2.75) is 38.3 Å². The van der Waals surface area contributed by atoms with Crippen LogP contribution in [0.25, 0.3) is 0 Å². The van der Waals surface area contributed by atoms with Crippen LogP contribution in [0.15, 0.2) is 48.5 Å². The van der Waals surface area contributed by atoms with Crippen LogP contribution in [0.4, 0.5) is 5.69 Å². The van der Waals surface area contributed by atoms with E-state index in [1.54, 1.807) is 26.5 Å². The molecule has 276 valence electrons. The summed E-state index contributed by atoms with van der Waals surface area (Å²) in [4.78, 5) is 81.0. The van der Waals surface area contributed by atoms with E-state index in [-0.39, 0.29) is 70.6 Å². The first-order chi connectivity index (χ1) is 24.5. The number of nitrogens with one attached hydrogen (secondary N) is 1. The average molecular weight is 707 g/mol. The van der Waals surface area contributed by atoms with Gasteiger partial charge in [0.05, 0.1) is 30.9 Å². The van der Waals surface area contributed by atoms with Crippen LogP contribution >= 0.6 is 0 Å². The number of benzene rings is 2. The molecule has 2 atom stereocenters. The van der Waals surface area contributed by atoms with E-state index in [1.807, 2.05) is 53.4 Å². The predicted octanol–water partition coefficient (Wildman–Crippen LogP) is -1.78. The van der Waals surface area contributed by atoms with Crippen molar-refractivity contribution < 1.29 is 44.1 Å². The molecule has 0 radical (unpaired) electrons. The summed E-state index contributed by atoms with van der Waals surface area (Å²) in [7, 11) is 0. The standard InChI is InChI=1S/C36H48N6O9/c1-26(27-8-10-29(11-9-27)42-23-28-5-2-3-6-30(28)35(42)49)34(48)37-12-4-7-31(36(50)51)41-19-17-38(21-22-43)13-14-39(24-32(44)45)15-16-40(18-20-41)25-33(46)47/h2-3,5-6,8-11,22,26,31H,4,7,12-21,23-25H2,1H3,(H,37,48)(H,44,45)(H,46,47)(H,50,51)/p-2. The lowest BCUT2D eigenvalue weighted by Gasteiger charge is -2.36. The summed E-state index contributed by atoms with van der Waals surface area (Å²) in [5.41, 5.74) is 3.16. The fraction of sp³-hybridized carbons (Fsp3) is 0.500. The highest BCUT2D eigenvalue weighted by Gasteiger charge is 2.29. The maximum absolute atomic E-state index is 13.1. The Morgan fingerprint density at radius 1 is 0.843 bits per heavy atom. The molecule has 0 aliphatic carbocycles. The van der Waals surface area contributed by atoms with Gasteiger partial charge in [-0.25, -0.2) is 0 Å². The molecule has 1 saturated heterocycles. The summed E-state index contributed by atoms with van der Waals surface area (Å²) in [5.74, 6) is -4.41. The van der Waals surface area contributed by atoms with Gasteiger partial charge in [0.2, 0.25) is 5.91 Å². The molecule has 2 unspecified atom stereocenters. The number of carboxylic acids is 3. The van der Waals surface area contributed by atoms with Gasteiger partial charge in [0, 0.05) is 83.2 Å². The summed E-state index contributed by atoms with van der Waals surface area (Å²) < 4.78 is 0. The van der Waals surface area contributed by atoms with Crippen LogP contribution in [0.1, 0.15) is 47.2 Å². The lowest BCUT2D eigenvalue weighted by Crippen LogP contribution is -2.52. The lowest BCUT2D eigenvalue weighted by molar-refractivity contribution is -0.308. The van der Waals surface area contributed by atoms with E-state index in [0.29, 0.717) is 38.2 Å². The number of carboxylic acid groups (broad SMARTS) is 3. The lowest BCUT2D eigenvalue weighted by atomic mass is 9.99. The average Bonchev–Trinajstić information content (AvgIpc) is 3.43. The predicted molar refractivity (Wildman–Crippen MR) is 182 cm³/mol. The zero-order valence-corrected chi connectivity index (χ0v) is 28.9. The quantitative estimate of drug-likeness (QED) is 0.156. The van der Waals surface area contributed by atoms with Crippen molar-refractivity contribution in [1.82, 2.24) is 24.9 Å². The summed E-state index contributed by atoms with van der Waals surface area (Å²) in [6.45, 7) is 3.89. The SMILES string of the molecule is CC(C(=O)NCCCC(C(=O)O)N1CCN(CC=O)CCN(CC(=O)[O-])CCN(CC(=O)[O-])CC1)c1ccc(N2Cc3ccccc3C2=O)cc1. The largest absolute Gasteiger partial charge is 0.549 e. The fourth-order valence-electron chi connectivity index (χ4n) is 6.51. The van der Waals surface area contributed by atoms with Crippen molar-refractivity contribution in [2.75, 3.05) is 83.4 Å². The molecule has 1 fully saturated rings. The molecule has 4 rings (SSSR count). The number of anilines is 1. The second kappa shape index (κ2) is 19.1. The van der Waals surface area contributed by atoms with Crippen molar-refractivity contribution in [3.8, 4) is 0 Å². The van der Waals surface area contributed by atoms with Crippen molar-refractivity contribution in [3.63, 3.8) is 0 Å². The summed E-state index contributed by atoms with van der Waals surface area (Å²) in [6.07, 6.45) is 1.31. The van der Waals surface area contributed by atoms with Crippen LogP contribution < -0.4 is 20.4 Å². The van der Waals surface area contributed by atoms with Gasteiger partial charge in [0.15, 0.2) is 0 Å². The smallest absolute Gasteiger partial charge is 0.320 e. The van der Waals surface area contributed by atoms with Crippen molar-refractivity contribution in [1.29, 1.82) is 0 Å². The highest BCUT2D eigenvalue weighted by molar-refractivity contribution is 6.10. The Balaban J connectivity index is 1.33. The number of hydrogen-bond donors (Lipinski definition) is 2. The number of amides is 2. The Labute approximate surface area is 297 Å². The number of fused-ring (bicyclic) bond motifs is 1. The first-order valence-electron chi connectivity index (χ1n) is 17.2. The van der Waals surface area contributed by atoms with Crippen LogP contribution in [0.2, 0.25) is 0 Å². The van der Waals surface area contributed by atoms with Gasteiger partial charge in [0.1, 0.15) is 12.3 Å². The van der Waals surface area contributed by atoms with Crippen molar-refractivity contribution in [2.24, 2.45) is 0 Å². The maximum Gasteiger partial charge on any atom is 0.320 e. The van der Waals surface area contributed by atoms with Gasteiger partial charge < -0.3 is 39.9 Å². The monoisotopic (exact) mass is 706 g/mol. The van der Waals surface area contributed by atoms with Gasteiger partial charge in [-0.15, -0.1) is 0 Å². The third-order valence-corrected chi connectivity index (χ3v) is 9.51. The van der Waals surface area contributed by atoms with Crippen molar-refractivity contribution in [3.05, 3.63) is 65.2 Å². The van der Waals surface area contributed by atoms with Crippen LogP contribution in [0.3, 0.4) is 0 Å². The molecule has 15 nitrogen and oxygen atoms in total. The number of aliphatic carboxylic acids is 3. The molecule has 0 spiro atoms. The second-order valence-electron chi connectivity index (χ2n) is 12.9. The Kier molecular flexibility index (Phi) is 14.6. The molecule has 2 aromatic rings. The summed E-state index contributed by atoms with van der Waals surface area (Å²) in [6, 6.07) is 13.8. The molecule has 2 N–H and O–H groups in total. The zero-order chi connectivity index (χ0) is 36.9. The highest BCUT2D eigenvalue weighted by atomic mass is 16.4. The van der Waals surface area contributed by atoms with Gasteiger partial charge in [-0.05, 0) is 49.1 Å². The molecule has 2 amide bonds. The normalized spacial score (nSPS) is 18.2. The highest BCUT2D eigenvalue weighted by Crippen LogP contribution is 2.29. The second-order valence-corrected chi connectivity index (χ2v) is 12.9. The Morgan fingerprint density at radius 2 is 1.41 bits per heavy atom. The van der Waals surface area contributed by atoms with E-state index in [1.165, 1.54) is 0 Å². The van der Waals surface area contributed by atoms with Crippen LogP contribution in [-0.2, 0) is 30.5 Å². The van der Waals surface area contributed by atoms with E-state index < -0.39 is 36.4 Å². The fourth-order valence-corrected chi connectivity index (χ4v) is 6.51. The number of nitrogens with zero attached hydrogens (tertiary/aromatic N) is 5. The third kappa shape index (κ3) is 11.4. The summed E-state index contributed by atoms with van der Waals surface area (Å²) >= 11 is 0. The molecule has 2 aliphatic rings. The Hall–Kier alpha value is -4.70. The molecular weight excluding hydrogens is 660 g/mol. The van der Waals surface area contributed by atoms with E-state index in [4.69, 9.17) is 0 Å². The minimum atomic E-state index is -1.30. The number of carbonyl (C=O) groups is 6.